The van der Waals surface area contributed by atoms with Gasteiger partial charge in [-0.05, 0) is 66.4 Å². The summed E-state index contributed by atoms with van der Waals surface area (Å²) >= 11 is 0. The van der Waals surface area contributed by atoms with Crippen molar-refractivity contribution < 1.29 is 42.2 Å². The van der Waals surface area contributed by atoms with E-state index >= 15 is 0 Å². The first kappa shape index (κ1) is 32.8. The molecule has 0 radical (unpaired) electrons. The molecule has 8 nitrogen and oxygen atoms in total. The Morgan fingerprint density at radius 2 is 1.53 bits per heavy atom. The summed E-state index contributed by atoms with van der Waals surface area (Å²) in [6.07, 6.45) is -1.75. The molecule has 1 aromatic heterocycles. The summed E-state index contributed by atoms with van der Waals surface area (Å²) in [5, 5.41) is 19.5. The van der Waals surface area contributed by atoms with Crippen LogP contribution in [-0.4, -0.2) is 57.1 Å². The van der Waals surface area contributed by atoms with Crippen molar-refractivity contribution >= 4 is 28.7 Å². The molecular formula is C33H29F4N3O5. The van der Waals surface area contributed by atoms with Gasteiger partial charge < -0.3 is 15.5 Å². The molecule has 1 aliphatic rings. The van der Waals surface area contributed by atoms with Gasteiger partial charge in [-0.25, -0.2) is 14.0 Å². The predicted octanol–water partition coefficient (Wildman–Crippen LogP) is 6.17. The van der Waals surface area contributed by atoms with Gasteiger partial charge in [-0.3, -0.25) is 14.7 Å². The molecule has 12 heteroatoms. The fourth-order valence-electron chi connectivity index (χ4n) is 4.87. The lowest BCUT2D eigenvalue weighted by molar-refractivity contribution is -0.137. The van der Waals surface area contributed by atoms with E-state index in [4.69, 9.17) is 10.2 Å². The SMILES string of the molecule is O=C(NC1CCN(Cc2ccc3cc(F)ccc3n2)CC1)c1ccccc1-c1ccc(C(F)(F)F)cc1.O=C(O)C=CC(=O)O. The van der Waals surface area contributed by atoms with Gasteiger partial charge in [-0.1, -0.05) is 36.4 Å². The number of alkyl halides is 3. The molecule has 1 fully saturated rings. The zero-order valence-corrected chi connectivity index (χ0v) is 23.8. The summed E-state index contributed by atoms with van der Waals surface area (Å²) in [5.74, 6) is -3.04. The Balaban J connectivity index is 0.000000510. The molecule has 0 atom stereocenters. The van der Waals surface area contributed by atoms with Crippen molar-refractivity contribution in [2.45, 2.75) is 31.6 Å². The Morgan fingerprint density at radius 3 is 2.16 bits per heavy atom. The van der Waals surface area contributed by atoms with E-state index in [1.165, 1.54) is 24.3 Å². The third-order valence-corrected chi connectivity index (χ3v) is 7.08. The second-order valence-corrected chi connectivity index (χ2v) is 10.3. The van der Waals surface area contributed by atoms with Crippen LogP contribution < -0.4 is 5.32 Å². The molecule has 1 aliphatic heterocycles. The number of carboxylic acids is 2. The summed E-state index contributed by atoms with van der Waals surface area (Å²) in [6.45, 7) is 2.24. The number of hydrogen-bond donors (Lipinski definition) is 3. The fourth-order valence-corrected chi connectivity index (χ4v) is 4.87. The molecule has 2 heterocycles. The highest BCUT2D eigenvalue weighted by Crippen LogP contribution is 2.32. The fraction of sp³-hybridized carbons (Fsp3) is 0.212. The number of carbonyl (C=O) groups excluding carboxylic acids is 1. The van der Waals surface area contributed by atoms with Gasteiger partial charge in [0.25, 0.3) is 5.91 Å². The van der Waals surface area contributed by atoms with Crippen LogP contribution in [0.25, 0.3) is 22.0 Å². The minimum absolute atomic E-state index is 0.00282. The molecule has 45 heavy (non-hydrogen) atoms. The van der Waals surface area contributed by atoms with E-state index in [0.717, 1.165) is 54.7 Å². The lowest BCUT2D eigenvalue weighted by Crippen LogP contribution is -2.44. The minimum atomic E-state index is -4.41. The Hall–Kier alpha value is -5.10. The van der Waals surface area contributed by atoms with E-state index in [0.29, 0.717) is 35.4 Å². The van der Waals surface area contributed by atoms with Gasteiger partial charge >= 0.3 is 18.1 Å². The molecule has 0 spiro atoms. The number of amides is 1. The minimum Gasteiger partial charge on any atom is -0.478 e. The molecule has 0 aliphatic carbocycles. The highest BCUT2D eigenvalue weighted by atomic mass is 19.4. The first-order valence-corrected chi connectivity index (χ1v) is 13.9. The summed E-state index contributed by atoms with van der Waals surface area (Å²) < 4.78 is 52.2. The number of aliphatic carboxylic acids is 2. The van der Waals surface area contributed by atoms with E-state index in [9.17, 15) is 31.9 Å². The number of halogens is 4. The summed E-state index contributed by atoms with van der Waals surface area (Å²) in [4.78, 5) is 39.1. The number of benzene rings is 3. The van der Waals surface area contributed by atoms with Gasteiger partial charge in [0.05, 0.1) is 16.8 Å². The zero-order valence-electron chi connectivity index (χ0n) is 23.8. The summed E-state index contributed by atoms with van der Waals surface area (Å²) in [6, 6.07) is 20.1. The van der Waals surface area contributed by atoms with Crippen LogP contribution in [0.5, 0.6) is 0 Å². The topological polar surface area (TPSA) is 120 Å². The Morgan fingerprint density at radius 1 is 0.889 bits per heavy atom. The van der Waals surface area contributed by atoms with Gasteiger partial charge in [-0.15, -0.1) is 0 Å². The molecular weight excluding hydrogens is 594 g/mol. The van der Waals surface area contributed by atoms with Gasteiger partial charge in [0.15, 0.2) is 0 Å². The van der Waals surface area contributed by atoms with Gasteiger partial charge in [-0.2, -0.15) is 13.2 Å². The number of likely N-dealkylation sites (tertiary alicyclic amines) is 1. The number of piperidine rings is 1. The van der Waals surface area contributed by atoms with E-state index in [1.807, 2.05) is 12.1 Å². The van der Waals surface area contributed by atoms with E-state index < -0.39 is 23.7 Å². The first-order chi connectivity index (χ1) is 21.4. The molecule has 0 unspecified atom stereocenters. The average Bonchev–Trinajstić information content (AvgIpc) is 3.01. The third-order valence-electron chi connectivity index (χ3n) is 7.08. The Bertz CT molecular complexity index is 1680. The van der Waals surface area contributed by atoms with E-state index in [1.54, 1.807) is 30.3 Å². The van der Waals surface area contributed by atoms with E-state index in [2.05, 4.69) is 15.2 Å². The lowest BCUT2D eigenvalue weighted by atomic mass is 9.97. The van der Waals surface area contributed by atoms with Crippen LogP contribution in [0.2, 0.25) is 0 Å². The maximum atomic E-state index is 13.4. The first-order valence-electron chi connectivity index (χ1n) is 13.9. The second kappa shape index (κ2) is 14.6. The van der Waals surface area contributed by atoms with Gasteiger partial charge in [0.2, 0.25) is 0 Å². The molecule has 1 saturated heterocycles. The third kappa shape index (κ3) is 9.44. The monoisotopic (exact) mass is 623 g/mol. The number of pyridine rings is 1. The number of carbonyl (C=O) groups is 3. The second-order valence-electron chi connectivity index (χ2n) is 10.3. The normalized spacial score (nSPS) is 14.1. The smallest absolute Gasteiger partial charge is 0.416 e. The average molecular weight is 624 g/mol. The van der Waals surface area contributed by atoms with Crippen LogP contribution in [0, 0.1) is 5.82 Å². The number of rotatable bonds is 7. The quantitative estimate of drug-likeness (QED) is 0.167. The number of hydrogen-bond acceptors (Lipinski definition) is 5. The van der Waals surface area contributed by atoms with E-state index in [-0.39, 0.29) is 17.8 Å². The van der Waals surface area contributed by atoms with Crippen LogP contribution in [-0.2, 0) is 22.3 Å². The molecule has 3 N–H and O–H groups in total. The highest BCUT2D eigenvalue weighted by molar-refractivity contribution is 6.01. The Kier molecular flexibility index (Phi) is 10.6. The lowest BCUT2D eigenvalue weighted by Gasteiger charge is -2.32. The predicted molar refractivity (Wildman–Crippen MR) is 159 cm³/mol. The van der Waals surface area contributed by atoms with Crippen molar-refractivity contribution in [2.75, 3.05) is 13.1 Å². The van der Waals surface area contributed by atoms with Crippen molar-refractivity contribution in [1.29, 1.82) is 0 Å². The van der Waals surface area contributed by atoms with Crippen LogP contribution in [0.1, 0.15) is 34.5 Å². The van der Waals surface area contributed by atoms with Crippen LogP contribution >= 0.6 is 0 Å². The van der Waals surface area contributed by atoms with Gasteiger partial charge in [0.1, 0.15) is 5.82 Å². The number of nitrogens with one attached hydrogen (secondary N) is 1. The molecule has 3 aromatic carbocycles. The number of aromatic nitrogens is 1. The van der Waals surface area contributed by atoms with Crippen LogP contribution in [0.15, 0.2) is 91.0 Å². The number of fused-ring (bicyclic) bond motifs is 1. The van der Waals surface area contributed by atoms with Crippen molar-refractivity contribution in [3.63, 3.8) is 0 Å². The van der Waals surface area contributed by atoms with Crippen molar-refractivity contribution in [1.82, 2.24) is 15.2 Å². The summed E-state index contributed by atoms with van der Waals surface area (Å²) in [5.41, 5.74) is 2.52. The molecule has 4 aromatic rings. The standard InChI is InChI=1S/C29H25F4N3O.C4H4O4/c30-22-10-12-27-20(17-22)7-11-24(34-27)18-36-15-13-23(14-16-36)35-28(37)26-4-2-1-3-25(26)19-5-8-21(9-6-19)29(31,32)33;5-3(6)1-2-4(7)8/h1-12,17,23H,13-16,18H2,(H,35,37);1-2H,(H,5,6)(H,7,8). The maximum absolute atomic E-state index is 13.4. The zero-order chi connectivity index (χ0) is 32.6. The van der Waals surface area contributed by atoms with Crippen LogP contribution in [0.3, 0.4) is 0 Å². The largest absolute Gasteiger partial charge is 0.478 e. The van der Waals surface area contributed by atoms with Crippen molar-refractivity contribution in [3.8, 4) is 11.1 Å². The molecule has 1 amide bonds. The number of carboxylic acid groups (broad SMARTS) is 2. The molecule has 0 bridgehead atoms. The van der Waals surface area contributed by atoms with Crippen molar-refractivity contribution in [3.05, 3.63) is 114 Å². The highest BCUT2D eigenvalue weighted by Gasteiger charge is 2.30. The van der Waals surface area contributed by atoms with Gasteiger partial charge in [0, 0.05) is 48.8 Å². The maximum Gasteiger partial charge on any atom is 0.416 e. The number of nitrogens with zero attached hydrogens (tertiary/aromatic N) is 2. The van der Waals surface area contributed by atoms with Crippen LogP contribution in [0.4, 0.5) is 17.6 Å². The molecule has 0 saturated carbocycles. The molecule has 5 rings (SSSR count). The molecule has 234 valence electrons. The summed E-state index contributed by atoms with van der Waals surface area (Å²) in [7, 11) is 0. The van der Waals surface area contributed by atoms with Crippen molar-refractivity contribution in [2.24, 2.45) is 0 Å². The Labute approximate surface area is 255 Å².